The maximum atomic E-state index is 4.60. The lowest BCUT2D eigenvalue weighted by atomic mass is 10.3. The van der Waals surface area contributed by atoms with Gasteiger partial charge in [-0.1, -0.05) is 18.2 Å². The molecule has 2 aromatic heterocycles. The minimum absolute atomic E-state index is 0.559. The van der Waals surface area contributed by atoms with Gasteiger partial charge in [-0.05, 0) is 38.1 Å². The lowest BCUT2D eigenvalue weighted by Gasteiger charge is -2.12. The summed E-state index contributed by atoms with van der Waals surface area (Å²) in [6.07, 6.45) is 1.79. The second kappa shape index (κ2) is 8.28. The van der Waals surface area contributed by atoms with E-state index in [2.05, 4.69) is 43.2 Å². The first-order chi connectivity index (χ1) is 12.3. The molecule has 6 heteroatoms. The average Bonchev–Trinajstić information content (AvgIpc) is 2.96. The van der Waals surface area contributed by atoms with Crippen LogP contribution in [-0.2, 0) is 13.1 Å². The number of benzene rings is 1. The minimum Gasteiger partial charge on any atom is -0.357 e. The molecule has 0 saturated heterocycles. The van der Waals surface area contributed by atoms with Crippen molar-refractivity contribution in [3.05, 3.63) is 60.2 Å². The number of para-hydroxylation sites is 2. The molecule has 3 rings (SSSR count). The molecule has 1 aromatic carbocycles. The van der Waals surface area contributed by atoms with Crippen molar-refractivity contribution in [1.29, 1.82) is 0 Å². The predicted molar refractivity (Wildman–Crippen MR) is 102 cm³/mol. The Kier molecular flexibility index (Phi) is 5.61. The number of pyridine rings is 1. The quantitative estimate of drug-likeness (QED) is 0.536. The van der Waals surface area contributed by atoms with Crippen molar-refractivity contribution < 1.29 is 0 Å². The van der Waals surface area contributed by atoms with Crippen LogP contribution in [-0.4, -0.2) is 33.6 Å². The van der Waals surface area contributed by atoms with Gasteiger partial charge in [0.05, 0.1) is 23.3 Å². The lowest BCUT2D eigenvalue weighted by molar-refractivity contribution is 0.660. The topological polar surface area (TPSA) is 67.1 Å². The van der Waals surface area contributed by atoms with E-state index >= 15 is 0 Å². The van der Waals surface area contributed by atoms with E-state index in [4.69, 9.17) is 0 Å². The van der Waals surface area contributed by atoms with Gasteiger partial charge in [-0.15, -0.1) is 0 Å². The normalized spacial score (nSPS) is 11.7. The molecule has 130 valence electrons. The molecule has 0 aliphatic carbocycles. The first-order valence-electron chi connectivity index (χ1n) is 8.62. The van der Waals surface area contributed by atoms with Gasteiger partial charge >= 0.3 is 0 Å². The molecule has 0 radical (unpaired) electrons. The number of aliphatic imine (C=N–C) groups is 1. The molecule has 0 aliphatic rings. The third-order valence-corrected chi connectivity index (χ3v) is 3.94. The number of fused-ring (bicyclic) bond motifs is 1. The van der Waals surface area contributed by atoms with Crippen LogP contribution in [0.2, 0.25) is 0 Å². The van der Waals surface area contributed by atoms with Gasteiger partial charge in [0.1, 0.15) is 5.82 Å². The molecule has 0 saturated carbocycles. The van der Waals surface area contributed by atoms with Crippen molar-refractivity contribution in [1.82, 2.24) is 25.2 Å². The standard InChI is InChI=1S/C19H24N6/c1-3-20-19(23-14-16-8-6-7-11-21-16)22-12-13-25-15(2)24-17-9-4-5-10-18(17)25/h4-11H,3,12-14H2,1-2H3,(H2,20,22,23). The maximum absolute atomic E-state index is 4.60. The van der Waals surface area contributed by atoms with E-state index in [1.807, 2.05) is 43.3 Å². The van der Waals surface area contributed by atoms with Gasteiger partial charge in [-0.3, -0.25) is 4.98 Å². The Morgan fingerprint density at radius 2 is 1.96 bits per heavy atom. The summed E-state index contributed by atoms with van der Waals surface area (Å²) in [5.41, 5.74) is 3.16. The minimum atomic E-state index is 0.559. The number of guanidine groups is 1. The molecule has 0 fully saturated rings. The zero-order valence-electron chi connectivity index (χ0n) is 14.7. The molecule has 2 heterocycles. The Morgan fingerprint density at radius 3 is 2.76 bits per heavy atom. The highest BCUT2D eigenvalue weighted by Gasteiger charge is 2.06. The molecule has 25 heavy (non-hydrogen) atoms. The SMILES string of the molecule is CCNC(=NCc1ccccn1)NCCn1c(C)nc2ccccc21. The number of hydrogen-bond donors (Lipinski definition) is 2. The summed E-state index contributed by atoms with van der Waals surface area (Å²) < 4.78 is 2.23. The van der Waals surface area contributed by atoms with Gasteiger partial charge in [0, 0.05) is 25.8 Å². The van der Waals surface area contributed by atoms with Crippen LogP contribution < -0.4 is 10.6 Å². The smallest absolute Gasteiger partial charge is 0.191 e. The van der Waals surface area contributed by atoms with E-state index < -0.39 is 0 Å². The molecule has 0 unspecified atom stereocenters. The van der Waals surface area contributed by atoms with Gasteiger partial charge in [-0.25, -0.2) is 9.98 Å². The van der Waals surface area contributed by atoms with Crippen LogP contribution in [0.25, 0.3) is 11.0 Å². The fraction of sp³-hybridized carbons (Fsp3) is 0.316. The molecule has 0 spiro atoms. The van der Waals surface area contributed by atoms with E-state index in [1.54, 1.807) is 6.20 Å². The van der Waals surface area contributed by atoms with Crippen LogP contribution in [0.15, 0.2) is 53.7 Å². The van der Waals surface area contributed by atoms with E-state index in [9.17, 15) is 0 Å². The van der Waals surface area contributed by atoms with Crippen molar-refractivity contribution in [2.24, 2.45) is 4.99 Å². The van der Waals surface area contributed by atoms with Crippen LogP contribution in [0.3, 0.4) is 0 Å². The molecule has 0 amide bonds. The summed E-state index contributed by atoms with van der Waals surface area (Å²) >= 11 is 0. The van der Waals surface area contributed by atoms with Gasteiger partial charge in [0.2, 0.25) is 0 Å². The van der Waals surface area contributed by atoms with Crippen molar-refractivity contribution in [2.45, 2.75) is 26.9 Å². The monoisotopic (exact) mass is 336 g/mol. The van der Waals surface area contributed by atoms with Crippen molar-refractivity contribution in [3.63, 3.8) is 0 Å². The fourth-order valence-corrected chi connectivity index (χ4v) is 2.76. The van der Waals surface area contributed by atoms with Crippen LogP contribution >= 0.6 is 0 Å². The van der Waals surface area contributed by atoms with Crippen molar-refractivity contribution in [2.75, 3.05) is 13.1 Å². The number of aryl methyl sites for hydroxylation is 1. The molecule has 0 atom stereocenters. The molecule has 2 N–H and O–H groups in total. The Hall–Kier alpha value is -2.89. The largest absolute Gasteiger partial charge is 0.357 e. The zero-order valence-corrected chi connectivity index (χ0v) is 14.7. The molecule has 6 nitrogen and oxygen atoms in total. The third-order valence-electron chi connectivity index (χ3n) is 3.94. The van der Waals surface area contributed by atoms with Crippen LogP contribution in [0.5, 0.6) is 0 Å². The number of aromatic nitrogens is 3. The fourth-order valence-electron chi connectivity index (χ4n) is 2.76. The summed E-state index contributed by atoms with van der Waals surface area (Å²) in [5.74, 6) is 1.83. The van der Waals surface area contributed by atoms with E-state index in [0.29, 0.717) is 6.54 Å². The third kappa shape index (κ3) is 4.35. The summed E-state index contributed by atoms with van der Waals surface area (Å²) in [7, 11) is 0. The Labute approximate surface area is 148 Å². The summed E-state index contributed by atoms with van der Waals surface area (Å²) in [6, 6.07) is 14.1. The van der Waals surface area contributed by atoms with Crippen molar-refractivity contribution >= 4 is 17.0 Å². The first kappa shape index (κ1) is 17.0. The highest BCUT2D eigenvalue weighted by molar-refractivity contribution is 5.79. The predicted octanol–water partition coefficient (Wildman–Crippen LogP) is 2.50. The number of hydrogen-bond acceptors (Lipinski definition) is 3. The molecular weight excluding hydrogens is 312 g/mol. The molecular formula is C19H24N6. The Morgan fingerprint density at radius 1 is 1.12 bits per heavy atom. The van der Waals surface area contributed by atoms with Gasteiger partial charge in [-0.2, -0.15) is 0 Å². The molecule has 0 bridgehead atoms. The number of rotatable bonds is 6. The lowest BCUT2D eigenvalue weighted by Crippen LogP contribution is -2.38. The highest BCUT2D eigenvalue weighted by atomic mass is 15.2. The van der Waals surface area contributed by atoms with Gasteiger partial charge in [0.15, 0.2) is 5.96 Å². The number of nitrogens with zero attached hydrogens (tertiary/aromatic N) is 4. The Balaban J connectivity index is 1.62. The van der Waals surface area contributed by atoms with Gasteiger partial charge in [0.25, 0.3) is 0 Å². The van der Waals surface area contributed by atoms with Gasteiger partial charge < -0.3 is 15.2 Å². The maximum Gasteiger partial charge on any atom is 0.191 e. The van der Waals surface area contributed by atoms with Crippen LogP contribution in [0, 0.1) is 6.92 Å². The van der Waals surface area contributed by atoms with Crippen LogP contribution in [0.4, 0.5) is 0 Å². The van der Waals surface area contributed by atoms with E-state index in [1.165, 1.54) is 0 Å². The number of nitrogens with one attached hydrogen (secondary N) is 2. The second-order valence-electron chi connectivity index (χ2n) is 5.74. The molecule has 3 aromatic rings. The zero-order chi connectivity index (χ0) is 17.5. The Bertz CT molecular complexity index is 838. The first-order valence-corrected chi connectivity index (χ1v) is 8.62. The van der Waals surface area contributed by atoms with E-state index in [-0.39, 0.29) is 0 Å². The summed E-state index contributed by atoms with van der Waals surface area (Å²) in [5, 5.41) is 6.65. The van der Waals surface area contributed by atoms with E-state index in [0.717, 1.165) is 48.1 Å². The average molecular weight is 336 g/mol. The van der Waals surface area contributed by atoms with Crippen molar-refractivity contribution in [3.8, 4) is 0 Å². The highest BCUT2D eigenvalue weighted by Crippen LogP contribution is 2.14. The second-order valence-corrected chi connectivity index (χ2v) is 5.74. The number of imidazole rings is 1. The summed E-state index contributed by atoms with van der Waals surface area (Å²) in [4.78, 5) is 13.5. The molecule has 0 aliphatic heterocycles. The van der Waals surface area contributed by atoms with Crippen LogP contribution in [0.1, 0.15) is 18.4 Å². The summed E-state index contributed by atoms with van der Waals surface area (Å²) in [6.45, 7) is 7.09.